The van der Waals surface area contributed by atoms with Gasteiger partial charge >= 0.3 is 0 Å². The van der Waals surface area contributed by atoms with Gasteiger partial charge in [-0.3, -0.25) is 0 Å². The minimum Gasteiger partial charge on any atom is -0.382 e. The smallest absolute Gasteiger partial charge is 0.0570 e. The second-order valence-electron chi connectivity index (χ2n) is 7.04. The molecule has 2 fully saturated rings. The van der Waals surface area contributed by atoms with E-state index in [0.29, 0.717) is 18.2 Å². The molecule has 0 radical (unpaired) electrons. The third kappa shape index (κ3) is 4.39. The van der Waals surface area contributed by atoms with Crippen LogP contribution in [0.2, 0.25) is 0 Å². The van der Waals surface area contributed by atoms with E-state index < -0.39 is 0 Å². The van der Waals surface area contributed by atoms with Gasteiger partial charge in [0.1, 0.15) is 0 Å². The molecule has 4 nitrogen and oxygen atoms in total. The van der Waals surface area contributed by atoms with Crippen LogP contribution in [-0.2, 0) is 4.74 Å². The van der Waals surface area contributed by atoms with E-state index in [2.05, 4.69) is 60.2 Å². The van der Waals surface area contributed by atoms with E-state index >= 15 is 0 Å². The summed E-state index contributed by atoms with van der Waals surface area (Å²) in [6.45, 7) is 12.4. The van der Waals surface area contributed by atoms with E-state index in [-0.39, 0.29) is 0 Å². The Morgan fingerprint density at radius 2 is 1.78 bits per heavy atom. The lowest BCUT2D eigenvalue weighted by Gasteiger charge is -2.36. The van der Waals surface area contributed by atoms with Crippen molar-refractivity contribution in [2.75, 3.05) is 42.9 Å². The summed E-state index contributed by atoms with van der Waals surface area (Å²) in [5.41, 5.74) is 2.59. The first-order valence-corrected chi connectivity index (χ1v) is 9.13. The maximum Gasteiger partial charge on any atom is 0.0570 e. The van der Waals surface area contributed by atoms with E-state index in [1.165, 1.54) is 24.5 Å². The molecule has 0 saturated carbocycles. The summed E-state index contributed by atoms with van der Waals surface area (Å²) in [6.07, 6.45) is 2.87. The van der Waals surface area contributed by atoms with Gasteiger partial charge in [-0.25, -0.2) is 0 Å². The summed E-state index contributed by atoms with van der Waals surface area (Å²) in [5.74, 6) is 0. The van der Waals surface area contributed by atoms with Crippen molar-refractivity contribution in [3.63, 3.8) is 0 Å². The number of likely N-dealkylation sites (N-methyl/N-ethyl adjacent to an activating group) is 1. The average molecular weight is 317 g/mol. The molecule has 23 heavy (non-hydrogen) atoms. The van der Waals surface area contributed by atoms with Gasteiger partial charge in [-0.1, -0.05) is 13.0 Å². The minimum atomic E-state index is 0.349. The van der Waals surface area contributed by atoms with Gasteiger partial charge in [0, 0.05) is 43.6 Å². The Labute approximate surface area is 140 Å². The molecule has 1 aromatic carbocycles. The van der Waals surface area contributed by atoms with E-state index in [1.807, 2.05) is 0 Å². The van der Waals surface area contributed by atoms with Crippen LogP contribution in [-0.4, -0.2) is 55.9 Å². The molecule has 2 aliphatic rings. The first-order valence-electron chi connectivity index (χ1n) is 9.13. The Kier molecular flexibility index (Phi) is 5.44. The average Bonchev–Trinajstić information content (AvgIpc) is 2.54. The molecule has 2 saturated heterocycles. The second-order valence-corrected chi connectivity index (χ2v) is 7.04. The monoisotopic (exact) mass is 317 g/mol. The van der Waals surface area contributed by atoms with Crippen molar-refractivity contribution >= 4 is 11.4 Å². The predicted octanol–water partition coefficient (Wildman–Crippen LogP) is 3.20. The summed E-state index contributed by atoms with van der Waals surface area (Å²) in [5, 5.41) is 3.72. The lowest BCUT2D eigenvalue weighted by molar-refractivity contribution is -0.0337. The Balaban J connectivity index is 1.61. The molecule has 0 unspecified atom stereocenters. The van der Waals surface area contributed by atoms with Gasteiger partial charge in [0.05, 0.1) is 12.2 Å². The highest BCUT2D eigenvalue weighted by Gasteiger charge is 2.24. The van der Waals surface area contributed by atoms with Crippen LogP contribution in [0, 0.1) is 0 Å². The largest absolute Gasteiger partial charge is 0.382 e. The summed E-state index contributed by atoms with van der Waals surface area (Å²) in [4.78, 5) is 5.02. The van der Waals surface area contributed by atoms with Crippen LogP contribution >= 0.6 is 0 Å². The molecule has 3 rings (SSSR count). The summed E-state index contributed by atoms with van der Waals surface area (Å²) < 4.78 is 5.84. The van der Waals surface area contributed by atoms with Crippen molar-refractivity contribution < 1.29 is 4.74 Å². The Bertz CT molecular complexity index is 489. The highest BCUT2D eigenvalue weighted by Crippen LogP contribution is 2.25. The highest BCUT2D eigenvalue weighted by molar-refractivity contribution is 5.58. The van der Waals surface area contributed by atoms with Gasteiger partial charge in [-0.05, 0) is 51.4 Å². The van der Waals surface area contributed by atoms with Gasteiger partial charge in [0.15, 0.2) is 0 Å². The number of nitrogens with one attached hydrogen (secondary N) is 1. The van der Waals surface area contributed by atoms with Crippen LogP contribution in [0.25, 0.3) is 0 Å². The van der Waals surface area contributed by atoms with E-state index in [4.69, 9.17) is 4.74 Å². The van der Waals surface area contributed by atoms with E-state index in [1.54, 1.807) is 0 Å². The topological polar surface area (TPSA) is 27.7 Å². The maximum absolute atomic E-state index is 5.84. The molecule has 0 amide bonds. The van der Waals surface area contributed by atoms with Crippen molar-refractivity contribution in [1.82, 2.24) is 4.90 Å². The minimum absolute atomic E-state index is 0.349. The zero-order chi connectivity index (χ0) is 16.2. The fourth-order valence-electron chi connectivity index (χ4n) is 3.87. The van der Waals surface area contributed by atoms with Crippen LogP contribution in [0.4, 0.5) is 11.4 Å². The van der Waals surface area contributed by atoms with Crippen LogP contribution in [0.1, 0.15) is 33.6 Å². The van der Waals surface area contributed by atoms with Crippen molar-refractivity contribution in [2.45, 2.75) is 51.9 Å². The van der Waals surface area contributed by atoms with Crippen molar-refractivity contribution in [3.05, 3.63) is 24.3 Å². The second kappa shape index (κ2) is 7.54. The first kappa shape index (κ1) is 16.6. The number of piperazine rings is 1. The van der Waals surface area contributed by atoms with Crippen LogP contribution in [0.15, 0.2) is 24.3 Å². The molecular formula is C19H31N3O. The van der Waals surface area contributed by atoms with E-state index in [9.17, 15) is 0 Å². The SMILES string of the molecule is CCN1CCN(c2cccc(NC3C[C@@H](C)O[C@H](C)C3)c2)CC1. The van der Waals surface area contributed by atoms with Crippen LogP contribution in [0.3, 0.4) is 0 Å². The lowest BCUT2D eigenvalue weighted by atomic mass is 9.99. The molecule has 128 valence electrons. The molecule has 1 aromatic rings. The van der Waals surface area contributed by atoms with E-state index in [0.717, 1.165) is 32.5 Å². The van der Waals surface area contributed by atoms with Crippen LogP contribution < -0.4 is 10.2 Å². The molecule has 2 aliphatic heterocycles. The van der Waals surface area contributed by atoms with Gasteiger partial charge < -0.3 is 19.9 Å². The predicted molar refractivity (Wildman–Crippen MR) is 97.4 cm³/mol. The summed E-state index contributed by atoms with van der Waals surface area (Å²) in [7, 11) is 0. The number of benzene rings is 1. The van der Waals surface area contributed by atoms with Gasteiger partial charge in [-0.15, -0.1) is 0 Å². The maximum atomic E-state index is 5.84. The zero-order valence-electron chi connectivity index (χ0n) is 14.8. The molecule has 4 heteroatoms. The van der Waals surface area contributed by atoms with Gasteiger partial charge in [0.2, 0.25) is 0 Å². The summed E-state index contributed by atoms with van der Waals surface area (Å²) in [6, 6.07) is 9.43. The third-order valence-corrected chi connectivity index (χ3v) is 5.10. The molecule has 1 N–H and O–H groups in total. The number of nitrogens with zero attached hydrogens (tertiary/aromatic N) is 2. The summed E-state index contributed by atoms with van der Waals surface area (Å²) >= 11 is 0. The lowest BCUT2D eigenvalue weighted by Crippen LogP contribution is -2.46. The molecule has 0 bridgehead atoms. The normalized spacial score (nSPS) is 29.5. The third-order valence-electron chi connectivity index (χ3n) is 5.10. The molecule has 0 spiro atoms. The van der Waals surface area contributed by atoms with Crippen molar-refractivity contribution in [2.24, 2.45) is 0 Å². The first-order chi connectivity index (χ1) is 11.1. The van der Waals surface area contributed by atoms with Crippen LogP contribution in [0.5, 0.6) is 0 Å². The Morgan fingerprint density at radius 1 is 1.09 bits per heavy atom. The van der Waals surface area contributed by atoms with Crippen molar-refractivity contribution in [3.8, 4) is 0 Å². The number of ether oxygens (including phenoxy) is 1. The number of rotatable bonds is 4. The standard InChI is InChI=1S/C19H31N3O/c1-4-21-8-10-22(11-9-21)19-7-5-6-17(14-19)20-18-12-15(2)23-16(3)13-18/h5-7,14-16,18,20H,4,8-13H2,1-3H3/t15-,16-/m1/s1. The molecule has 2 heterocycles. The molecule has 2 atom stereocenters. The zero-order valence-corrected chi connectivity index (χ0v) is 14.8. The number of hydrogen-bond donors (Lipinski definition) is 1. The Morgan fingerprint density at radius 3 is 2.43 bits per heavy atom. The van der Waals surface area contributed by atoms with Crippen molar-refractivity contribution in [1.29, 1.82) is 0 Å². The highest BCUT2D eigenvalue weighted by atomic mass is 16.5. The molecular weight excluding hydrogens is 286 g/mol. The molecule has 0 aliphatic carbocycles. The number of hydrogen-bond acceptors (Lipinski definition) is 4. The Hall–Kier alpha value is -1.26. The van der Waals surface area contributed by atoms with Gasteiger partial charge in [0.25, 0.3) is 0 Å². The fourth-order valence-corrected chi connectivity index (χ4v) is 3.87. The fraction of sp³-hybridized carbons (Fsp3) is 0.684. The van der Waals surface area contributed by atoms with Gasteiger partial charge in [-0.2, -0.15) is 0 Å². The number of anilines is 2. The quantitative estimate of drug-likeness (QED) is 0.923. The molecule has 0 aromatic heterocycles.